The summed E-state index contributed by atoms with van der Waals surface area (Å²) in [5, 5.41) is 9.69. The highest BCUT2D eigenvalue weighted by Gasteiger charge is 2.56. The second kappa shape index (κ2) is 3.09. The van der Waals surface area contributed by atoms with Gasteiger partial charge in [0.25, 0.3) is 0 Å². The minimum Gasteiger partial charge on any atom is -0.393 e. The van der Waals surface area contributed by atoms with Gasteiger partial charge in [0, 0.05) is 0 Å². The van der Waals surface area contributed by atoms with Gasteiger partial charge in [-0.25, -0.2) is 0 Å². The average Bonchev–Trinajstić information content (AvgIpc) is 2.75. The zero-order chi connectivity index (χ0) is 9.54. The number of aliphatic hydroxyl groups is 1. The molecule has 1 aromatic carbocycles. The van der Waals surface area contributed by atoms with Gasteiger partial charge < -0.3 is 5.11 Å². The van der Waals surface area contributed by atoms with Gasteiger partial charge in [0.1, 0.15) is 0 Å². The first kappa shape index (κ1) is 8.49. The summed E-state index contributed by atoms with van der Waals surface area (Å²) in [6.45, 7) is 0. The van der Waals surface area contributed by atoms with Crippen LogP contribution in [0.5, 0.6) is 0 Å². The van der Waals surface area contributed by atoms with Crippen LogP contribution < -0.4 is 0 Å². The van der Waals surface area contributed by atoms with Crippen molar-refractivity contribution in [3.05, 3.63) is 35.9 Å². The zero-order valence-electron chi connectivity index (χ0n) is 8.26. The predicted molar refractivity (Wildman–Crippen MR) is 55.9 cm³/mol. The molecule has 1 aromatic rings. The fourth-order valence-electron chi connectivity index (χ4n) is 3.18. The van der Waals surface area contributed by atoms with E-state index in [0.717, 1.165) is 18.3 Å². The number of hydrogen-bond donors (Lipinski definition) is 1. The van der Waals surface area contributed by atoms with Gasteiger partial charge in [-0.3, -0.25) is 0 Å². The lowest BCUT2D eigenvalue weighted by atomic mass is 10.0. The third-order valence-electron chi connectivity index (χ3n) is 3.95. The first-order valence-corrected chi connectivity index (χ1v) is 5.58. The van der Waals surface area contributed by atoms with E-state index in [1.54, 1.807) is 0 Å². The molecule has 0 spiro atoms. The summed E-state index contributed by atoms with van der Waals surface area (Å²) >= 11 is 0. The molecule has 0 unspecified atom stereocenters. The molecule has 0 amide bonds. The molecule has 2 aliphatic carbocycles. The molecule has 3 rings (SSSR count). The smallest absolute Gasteiger partial charge is 0.0574 e. The third-order valence-corrected chi connectivity index (χ3v) is 3.95. The van der Waals surface area contributed by atoms with Crippen molar-refractivity contribution in [2.24, 2.45) is 17.8 Å². The Kier molecular flexibility index (Phi) is 1.88. The lowest BCUT2D eigenvalue weighted by Gasteiger charge is -2.07. The lowest BCUT2D eigenvalue weighted by Crippen LogP contribution is -2.08. The van der Waals surface area contributed by atoms with E-state index in [1.807, 2.05) is 0 Å². The normalized spacial score (nSPS) is 39.5. The van der Waals surface area contributed by atoms with E-state index < -0.39 is 0 Å². The number of aliphatic hydroxyl groups excluding tert-OH is 1. The van der Waals surface area contributed by atoms with Gasteiger partial charge >= 0.3 is 0 Å². The van der Waals surface area contributed by atoms with Gasteiger partial charge in [-0.2, -0.15) is 0 Å². The fraction of sp³-hybridized carbons (Fsp3) is 0.538. The molecule has 1 nitrogen and oxygen atoms in total. The maximum atomic E-state index is 9.69. The summed E-state index contributed by atoms with van der Waals surface area (Å²) in [7, 11) is 0. The summed E-state index contributed by atoms with van der Waals surface area (Å²) in [5.41, 5.74) is 1.43. The van der Waals surface area contributed by atoms with Crippen molar-refractivity contribution in [3.63, 3.8) is 0 Å². The zero-order valence-corrected chi connectivity index (χ0v) is 8.26. The molecule has 2 aliphatic rings. The number of fused-ring (bicyclic) bond motifs is 1. The summed E-state index contributed by atoms with van der Waals surface area (Å²) in [6, 6.07) is 10.7. The molecule has 0 bridgehead atoms. The summed E-state index contributed by atoms with van der Waals surface area (Å²) in [5.74, 6) is 2.25. The fourth-order valence-corrected chi connectivity index (χ4v) is 3.18. The Morgan fingerprint density at radius 2 is 1.93 bits per heavy atom. The van der Waals surface area contributed by atoms with Crippen LogP contribution >= 0.6 is 0 Å². The van der Waals surface area contributed by atoms with Crippen LogP contribution in [0.15, 0.2) is 30.3 Å². The maximum absolute atomic E-state index is 9.69. The minimum atomic E-state index is 0.00807. The summed E-state index contributed by atoms with van der Waals surface area (Å²) in [4.78, 5) is 0. The third kappa shape index (κ3) is 1.27. The van der Waals surface area contributed by atoms with Crippen LogP contribution in [0.1, 0.15) is 18.4 Å². The van der Waals surface area contributed by atoms with Crippen LogP contribution in [0.2, 0.25) is 0 Å². The van der Waals surface area contributed by atoms with E-state index in [-0.39, 0.29) is 6.10 Å². The summed E-state index contributed by atoms with van der Waals surface area (Å²) < 4.78 is 0. The molecular weight excluding hydrogens is 172 g/mol. The molecule has 0 radical (unpaired) electrons. The Morgan fingerprint density at radius 1 is 1.14 bits per heavy atom. The molecule has 2 saturated carbocycles. The van der Waals surface area contributed by atoms with Gasteiger partial charge in [-0.05, 0) is 42.6 Å². The van der Waals surface area contributed by atoms with E-state index in [1.165, 1.54) is 18.4 Å². The van der Waals surface area contributed by atoms with Crippen molar-refractivity contribution in [1.82, 2.24) is 0 Å². The largest absolute Gasteiger partial charge is 0.393 e. The Hall–Kier alpha value is -0.820. The highest BCUT2D eigenvalue weighted by atomic mass is 16.3. The molecule has 1 N–H and O–H groups in total. The van der Waals surface area contributed by atoms with E-state index >= 15 is 0 Å². The van der Waals surface area contributed by atoms with Gasteiger partial charge in [-0.15, -0.1) is 0 Å². The topological polar surface area (TPSA) is 20.2 Å². The Labute approximate surface area is 84.8 Å². The Bertz CT molecular complexity index is 319. The van der Waals surface area contributed by atoms with E-state index in [9.17, 15) is 5.11 Å². The molecular formula is C13H16O. The van der Waals surface area contributed by atoms with Crippen LogP contribution in [0, 0.1) is 17.8 Å². The molecule has 0 heterocycles. The SMILES string of the molecule is O[C@H]1CC[C@@H]2[C@@H](Cc3ccccc3)[C@@H]21. The molecule has 4 atom stereocenters. The molecule has 0 aliphatic heterocycles. The standard InChI is InChI=1S/C13H16O/c14-12-7-6-10-11(13(10)12)8-9-4-2-1-3-5-9/h1-5,10-14H,6-8H2/t10-,11-,12+,13-/m1/s1. The number of benzene rings is 1. The van der Waals surface area contributed by atoms with Gasteiger partial charge in [-0.1, -0.05) is 30.3 Å². The predicted octanol–water partition coefficient (Wildman–Crippen LogP) is 2.25. The van der Waals surface area contributed by atoms with Crippen molar-refractivity contribution in [3.8, 4) is 0 Å². The van der Waals surface area contributed by atoms with Crippen LogP contribution in [0.25, 0.3) is 0 Å². The van der Waals surface area contributed by atoms with Gasteiger partial charge in [0.2, 0.25) is 0 Å². The van der Waals surface area contributed by atoms with E-state index in [4.69, 9.17) is 0 Å². The lowest BCUT2D eigenvalue weighted by molar-refractivity contribution is 0.150. The monoisotopic (exact) mass is 188 g/mol. The van der Waals surface area contributed by atoms with Gasteiger partial charge in [0.05, 0.1) is 6.10 Å². The highest BCUT2D eigenvalue weighted by molar-refractivity contribution is 5.19. The average molecular weight is 188 g/mol. The Balaban J connectivity index is 1.66. The Morgan fingerprint density at radius 3 is 2.57 bits per heavy atom. The highest BCUT2D eigenvalue weighted by Crippen LogP contribution is 2.58. The number of rotatable bonds is 2. The summed E-state index contributed by atoms with van der Waals surface area (Å²) in [6.07, 6.45) is 3.48. The van der Waals surface area contributed by atoms with Crippen LogP contribution in [0.4, 0.5) is 0 Å². The quantitative estimate of drug-likeness (QED) is 0.754. The molecule has 1 heteroatoms. The molecule has 74 valence electrons. The second-order valence-electron chi connectivity index (χ2n) is 4.74. The minimum absolute atomic E-state index is 0.00807. The van der Waals surface area contributed by atoms with Crippen molar-refractivity contribution >= 4 is 0 Å². The number of hydrogen-bond acceptors (Lipinski definition) is 1. The molecule has 0 saturated heterocycles. The van der Waals surface area contributed by atoms with Crippen LogP contribution in [-0.2, 0) is 6.42 Å². The second-order valence-corrected chi connectivity index (χ2v) is 4.74. The van der Waals surface area contributed by atoms with Crippen molar-refractivity contribution < 1.29 is 5.11 Å². The molecule has 2 fully saturated rings. The molecule has 14 heavy (non-hydrogen) atoms. The van der Waals surface area contributed by atoms with Crippen molar-refractivity contribution in [2.45, 2.75) is 25.4 Å². The van der Waals surface area contributed by atoms with Crippen molar-refractivity contribution in [2.75, 3.05) is 0 Å². The van der Waals surface area contributed by atoms with Crippen LogP contribution in [-0.4, -0.2) is 11.2 Å². The van der Waals surface area contributed by atoms with Gasteiger partial charge in [0.15, 0.2) is 0 Å². The maximum Gasteiger partial charge on any atom is 0.0574 e. The van der Waals surface area contributed by atoms with E-state index in [0.29, 0.717) is 5.92 Å². The first-order valence-electron chi connectivity index (χ1n) is 5.58. The van der Waals surface area contributed by atoms with Crippen molar-refractivity contribution in [1.29, 1.82) is 0 Å². The van der Waals surface area contributed by atoms with Crippen LogP contribution in [0.3, 0.4) is 0 Å². The van der Waals surface area contributed by atoms with E-state index in [2.05, 4.69) is 30.3 Å². The first-order chi connectivity index (χ1) is 6.86. The molecule has 0 aromatic heterocycles.